The highest BCUT2D eigenvalue weighted by Crippen LogP contribution is 1.77. The molecular weight excluding hydrogens is 190 g/mol. The lowest BCUT2D eigenvalue weighted by Crippen LogP contribution is -3.00. The first-order valence-electron chi connectivity index (χ1n) is 3.65. The second-order valence-corrected chi connectivity index (χ2v) is 2.59. The molecule has 1 rings (SSSR count). The van der Waals surface area contributed by atoms with Gasteiger partial charge in [0.05, 0.1) is 0 Å². The molecule has 0 saturated heterocycles. The second kappa shape index (κ2) is 5.37. The number of rotatable bonds is 1. The van der Waals surface area contributed by atoms with Crippen LogP contribution < -0.4 is 22.5 Å². The van der Waals surface area contributed by atoms with Crippen LogP contribution in [0.5, 0.6) is 0 Å². The van der Waals surface area contributed by atoms with Crippen molar-refractivity contribution in [3.05, 3.63) is 30.6 Å². The zero-order valence-corrected chi connectivity index (χ0v) is 8.32. The molecule has 2 amide bonds. The van der Waals surface area contributed by atoms with E-state index in [2.05, 4.69) is 5.43 Å². The fraction of sp³-hybridized carbons (Fsp3) is 0.250. The molecule has 0 radical (unpaired) electrons. The van der Waals surface area contributed by atoms with E-state index in [-0.39, 0.29) is 18.4 Å². The van der Waals surface area contributed by atoms with Gasteiger partial charge in [-0.15, -0.1) is 5.43 Å². The summed E-state index contributed by atoms with van der Waals surface area (Å²) in [6, 6.07) is 5.43. The van der Waals surface area contributed by atoms with Gasteiger partial charge in [0.15, 0.2) is 12.4 Å². The highest BCUT2D eigenvalue weighted by atomic mass is 35.5. The number of urea groups is 1. The van der Waals surface area contributed by atoms with Gasteiger partial charge in [-0.3, -0.25) is 0 Å². The molecule has 0 atom stereocenters. The van der Waals surface area contributed by atoms with Crippen molar-refractivity contribution in [1.29, 1.82) is 0 Å². The van der Waals surface area contributed by atoms with Crippen LogP contribution in [-0.4, -0.2) is 25.0 Å². The van der Waals surface area contributed by atoms with Crippen molar-refractivity contribution in [2.45, 2.75) is 0 Å². The van der Waals surface area contributed by atoms with Gasteiger partial charge in [-0.05, 0) is 0 Å². The first kappa shape index (κ1) is 11.7. The molecule has 0 unspecified atom stereocenters. The van der Waals surface area contributed by atoms with E-state index >= 15 is 0 Å². The van der Waals surface area contributed by atoms with Crippen LogP contribution in [0.3, 0.4) is 0 Å². The number of hydrogen-bond donors (Lipinski definition) is 1. The Balaban J connectivity index is 0.00000144. The highest BCUT2D eigenvalue weighted by Gasteiger charge is 2.06. The number of nitrogens with zero attached hydrogens (tertiary/aromatic N) is 2. The number of nitrogens with one attached hydrogen (secondary N) is 1. The third-order valence-corrected chi connectivity index (χ3v) is 1.35. The zero-order valence-electron chi connectivity index (χ0n) is 7.57. The van der Waals surface area contributed by atoms with E-state index in [0.717, 1.165) is 0 Å². The number of amides is 2. The fourth-order valence-corrected chi connectivity index (χ4v) is 0.684. The number of hydrogen-bond acceptors (Lipinski definition) is 1. The van der Waals surface area contributed by atoms with E-state index in [1.54, 1.807) is 31.2 Å². The highest BCUT2D eigenvalue weighted by molar-refractivity contribution is 5.79. The van der Waals surface area contributed by atoms with E-state index in [1.807, 2.05) is 18.2 Å². The summed E-state index contributed by atoms with van der Waals surface area (Å²) >= 11 is 0. The summed E-state index contributed by atoms with van der Waals surface area (Å²) in [7, 11) is 3.39. The first-order valence-corrected chi connectivity index (χ1v) is 3.65. The Bertz CT molecular complexity index is 263. The molecule has 0 aliphatic carbocycles. The minimum absolute atomic E-state index is 0. The molecule has 0 aromatic carbocycles. The Kier molecular flexibility index (Phi) is 4.84. The number of pyridine rings is 1. The van der Waals surface area contributed by atoms with Crippen LogP contribution in [0.25, 0.3) is 0 Å². The Labute approximate surface area is 83.6 Å². The lowest BCUT2D eigenvalue weighted by molar-refractivity contribution is -0.641. The Morgan fingerprint density at radius 1 is 1.23 bits per heavy atom. The van der Waals surface area contributed by atoms with Crippen LogP contribution in [0.4, 0.5) is 4.79 Å². The molecule has 0 fully saturated rings. The van der Waals surface area contributed by atoms with Gasteiger partial charge < -0.3 is 17.3 Å². The number of carbonyl (C=O) groups is 1. The van der Waals surface area contributed by atoms with Crippen molar-refractivity contribution in [2.24, 2.45) is 0 Å². The third-order valence-electron chi connectivity index (χ3n) is 1.35. The van der Waals surface area contributed by atoms with Crippen LogP contribution in [0.1, 0.15) is 0 Å². The molecule has 4 nitrogen and oxygen atoms in total. The van der Waals surface area contributed by atoms with Crippen molar-refractivity contribution in [3.63, 3.8) is 0 Å². The normalized spacial score (nSPS) is 8.46. The molecule has 0 bridgehead atoms. The van der Waals surface area contributed by atoms with Crippen molar-refractivity contribution < 1.29 is 21.9 Å². The minimum atomic E-state index is -0.147. The summed E-state index contributed by atoms with van der Waals surface area (Å²) in [5, 5.41) is 0. The van der Waals surface area contributed by atoms with E-state index < -0.39 is 0 Å². The van der Waals surface area contributed by atoms with Gasteiger partial charge in [0.25, 0.3) is 0 Å². The predicted octanol–water partition coefficient (Wildman–Crippen LogP) is -2.80. The predicted molar refractivity (Wildman–Crippen MR) is 45.1 cm³/mol. The van der Waals surface area contributed by atoms with Crippen molar-refractivity contribution in [2.75, 3.05) is 19.5 Å². The Hall–Kier alpha value is -1.29. The zero-order chi connectivity index (χ0) is 8.97. The summed E-state index contributed by atoms with van der Waals surface area (Å²) in [5.41, 5.74) is 2.64. The fourth-order valence-electron chi connectivity index (χ4n) is 0.684. The van der Waals surface area contributed by atoms with Crippen LogP contribution in [0, 0.1) is 0 Å². The van der Waals surface area contributed by atoms with Gasteiger partial charge in [0.2, 0.25) is 0 Å². The van der Waals surface area contributed by atoms with E-state index in [9.17, 15) is 4.79 Å². The SMILES string of the molecule is CN(C)C(=O)N[n+]1ccccc1.[Cl-]. The molecule has 0 aliphatic heterocycles. The second-order valence-electron chi connectivity index (χ2n) is 2.59. The largest absolute Gasteiger partial charge is 1.00 e. The lowest BCUT2D eigenvalue weighted by Gasteiger charge is -2.06. The maximum atomic E-state index is 11.1. The summed E-state index contributed by atoms with van der Waals surface area (Å²) < 4.78 is 1.60. The molecule has 72 valence electrons. The molecule has 0 spiro atoms. The van der Waals surface area contributed by atoms with E-state index in [4.69, 9.17) is 0 Å². The summed E-state index contributed by atoms with van der Waals surface area (Å²) in [6.07, 6.45) is 3.53. The maximum absolute atomic E-state index is 11.1. The molecule has 1 heterocycles. The summed E-state index contributed by atoms with van der Waals surface area (Å²) in [4.78, 5) is 12.6. The average molecular weight is 202 g/mol. The molecule has 1 N–H and O–H groups in total. The van der Waals surface area contributed by atoms with Gasteiger partial charge in [-0.2, -0.15) is 0 Å². The van der Waals surface area contributed by atoms with E-state index in [0.29, 0.717) is 0 Å². The Morgan fingerprint density at radius 3 is 2.23 bits per heavy atom. The number of aromatic nitrogens is 1. The molecule has 13 heavy (non-hydrogen) atoms. The summed E-state index contributed by atoms with van der Waals surface area (Å²) in [5.74, 6) is 0. The van der Waals surface area contributed by atoms with E-state index in [1.165, 1.54) is 4.90 Å². The smallest absolute Gasteiger partial charge is 0.370 e. The molecule has 0 saturated carbocycles. The molecule has 1 aromatic heterocycles. The van der Waals surface area contributed by atoms with Crippen molar-refractivity contribution >= 4 is 6.03 Å². The molecule has 0 aliphatic rings. The Morgan fingerprint density at radius 2 is 1.77 bits per heavy atom. The quantitative estimate of drug-likeness (QED) is 0.490. The summed E-state index contributed by atoms with van der Waals surface area (Å²) in [6.45, 7) is 0. The number of carbonyl (C=O) groups excluding carboxylic acids is 1. The van der Waals surface area contributed by atoms with Crippen LogP contribution in [-0.2, 0) is 0 Å². The van der Waals surface area contributed by atoms with Gasteiger partial charge in [-0.25, -0.2) is 4.79 Å². The topological polar surface area (TPSA) is 36.2 Å². The monoisotopic (exact) mass is 201 g/mol. The average Bonchev–Trinajstić information content (AvgIpc) is 2.06. The standard InChI is InChI=1S/C8H11N3O.ClH/c1-10(2)8(12)9-11-6-4-3-5-7-11;/h3-7H,1-2H3;1H. The van der Waals surface area contributed by atoms with Gasteiger partial charge >= 0.3 is 6.03 Å². The van der Waals surface area contributed by atoms with Crippen molar-refractivity contribution in [1.82, 2.24) is 4.90 Å². The van der Waals surface area contributed by atoms with Gasteiger partial charge in [0, 0.05) is 26.2 Å². The van der Waals surface area contributed by atoms with Crippen LogP contribution in [0.15, 0.2) is 30.6 Å². The number of halogens is 1. The van der Waals surface area contributed by atoms with Gasteiger partial charge in [-0.1, -0.05) is 10.7 Å². The van der Waals surface area contributed by atoms with Crippen molar-refractivity contribution in [3.8, 4) is 0 Å². The van der Waals surface area contributed by atoms with Gasteiger partial charge in [0.1, 0.15) is 0 Å². The first-order chi connectivity index (χ1) is 5.70. The van der Waals surface area contributed by atoms with Crippen LogP contribution in [0.2, 0.25) is 0 Å². The lowest BCUT2D eigenvalue weighted by atomic mass is 10.5. The minimum Gasteiger partial charge on any atom is -1.00 e. The molecule has 1 aromatic rings. The molecular formula is C8H12ClN3O. The molecule has 5 heteroatoms. The maximum Gasteiger partial charge on any atom is 0.370 e. The van der Waals surface area contributed by atoms with Crippen LogP contribution >= 0.6 is 0 Å². The third kappa shape index (κ3) is 3.75.